The number of hydrogen-bond donors (Lipinski definition) is 2. The van der Waals surface area contributed by atoms with Gasteiger partial charge in [-0.3, -0.25) is 14.5 Å². The second kappa shape index (κ2) is 3.76. The van der Waals surface area contributed by atoms with Crippen LogP contribution in [-0.2, 0) is 6.54 Å². The van der Waals surface area contributed by atoms with E-state index >= 15 is 0 Å². The summed E-state index contributed by atoms with van der Waals surface area (Å²) in [7, 11) is 0. The van der Waals surface area contributed by atoms with Crippen molar-refractivity contribution in [2.75, 3.05) is 13.1 Å². The van der Waals surface area contributed by atoms with Crippen LogP contribution >= 0.6 is 0 Å². The van der Waals surface area contributed by atoms with Gasteiger partial charge < -0.3 is 19.7 Å². The fourth-order valence-electron chi connectivity index (χ4n) is 3.71. The van der Waals surface area contributed by atoms with Crippen molar-refractivity contribution in [1.82, 2.24) is 14.4 Å². The first-order valence-electron chi connectivity index (χ1n) is 6.80. The van der Waals surface area contributed by atoms with Crippen molar-refractivity contribution in [3.63, 3.8) is 0 Å². The lowest BCUT2D eigenvalue weighted by Gasteiger charge is -2.35. The van der Waals surface area contributed by atoms with Crippen LogP contribution in [0.5, 0.6) is 11.5 Å². The Morgan fingerprint density at radius 2 is 2.00 bits per heavy atom. The summed E-state index contributed by atoms with van der Waals surface area (Å²) in [4.78, 5) is 28.1. The number of aromatic hydroxyl groups is 2. The lowest BCUT2D eigenvalue weighted by atomic mass is 10.1. The van der Waals surface area contributed by atoms with Gasteiger partial charge in [-0.05, 0) is 12.8 Å². The van der Waals surface area contributed by atoms with Crippen molar-refractivity contribution in [2.45, 2.75) is 31.6 Å². The molecule has 4 heterocycles. The Bertz CT molecular complexity index is 668. The molecule has 7 nitrogen and oxygen atoms in total. The molecule has 2 fully saturated rings. The minimum absolute atomic E-state index is 0.00905. The fourth-order valence-corrected chi connectivity index (χ4v) is 3.71. The highest BCUT2D eigenvalue weighted by molar-refractivity contribution is 5.96. The van der Waals surface area contributed by atoms with Gasteiger partial charge in [-0.25, -0.2) is 0 Å². The highest BCUT2D eigenvalue weighted by atomic mass is 16.3. The summed E-state index contributed by atoms with van der Waals surface area (Å²) < 4.78 is 1.50. The van der Waals surface area contributed by atoms with Crippen LogP contribution in [0.3, 0.4) is 0 Å². The van der Waals surface area contributed by atoms with Gasteiger partial charge in [-0.1, -0.05) is 0 Å². The first-order chi connectivity index (χ1) is 9.58. The van der Waals surface area contributed by atoms with Gasteiger partial charge in [0.05, 0.1) is 12.7 Å². The molecule has 0 saturated carbocycles. The van der Waals surface area contributed by atoms with E-state index in [0.717, 1.165) is 19.4 Å². The van der Waals surface area contributed by atoms with Crippen molar-refractivity contribution in [3.05, 3.63) is 22.1 Å². The molecule has 0 unspecified atom stereocenters. The lowest BCUT2D eigenvalue weighted by Crippen LogP contribution is -2.50. The van der Waals surface area contributed by atoms with Gasteiger partial charge in [-0.2, -0.15) is 0 Å². The molecule has 2 atom stereocenters. The van der Waals surface area contributed by atoms with Gasteiger partial charge >= 0.3 is 0 Å². The molecule has 0 aliphatic carbocycles. The molecular weight excluding hydrogens is 262 g/mol. The molecule has 3 aliphatic heterocycles. The zero-order chi connectivity index (χ0) is 14.0. The van der Waals surface area contributed by atoms with Crippen LogP contribution in [0.25, 0.3) is 0 Å². The summed E-state index contributed by atoms with van der Waals surface area (Å²) in [6.07, 6.45) is 3.42. The Hall–Kier alpha value is -2.02. The second-order valence-corrected chi connectivity index (χ2v) is 5.67. The molecule has 3 aliphatic rings. The maximum Gasteiger partial charge on any atom is 0.275 e. The van der Waals surface area contributed by atoms with E-state index in [4.69, 9.17) is 0 Å². The van der Waals surface area contributed by atoms with Crippen LogP contribution in [0.2, 0.25) is 0 Å². The predicted octanol–water partition coefficient (Wildman–Crippen LogP) is -0.481. The summed E-state index contributed by atoms with van der Waals surface area (Å²) in [5, 5.41) is 19.4. The normalized spacial score (nSPS) is 28.4. The molecule has 1 aromatic rings. The number of hydrogen-bond acceptors (Lipinski definition) is 5. The first-order valence-corrected chi connectivity index (χ1v) is 6.80. The number of nitrogens with zero attached hydrogens (tertiary/aromatic N) is 3. The topological polar surface area (TPSA) is 86.0 Å². The molecule has 1 aromatic heterocycles. The summed E-state index contributed by atoms with van der Waals surface area (Å²) >= 11 is 0. The van der Waals surface area contributed by atoms with Crippen LogP contribution in [-0.4, -0.2) is 55.8 Å². The lowest BCUT2D eigenvalue weighted by molar-refractivity contribution is 0.0514. The Labute approximate surface area is 114 Å². The Morgan fingerprint density at radius 1 is 1.20 bits per heavy atom. The Balaban J connectivity index is 1.84. The van der Waals surface area contributed by atoms with Crippen molar-refractivity contribution in [1.29, 1.82) is 0 Å². The SMILES string of the molecule is O=C1c2c(O)c(=O)c(O)cn2C[C@@H]2N1C[C@H]1CCCN12. The maximum absolute atomic E-state index is 12.5. The summed E-state index contributed by atoms with van der Waals surface area (Å²) in [5.41, 5.74) is -0.895. The van der Waals surface area contributed by atoms with E-state index in [1.807, 2.05) is 0 Å². The van der Waals surface area contributed by atoms with E-state index in [0.29, 0.717) is 19.1 Å². The summed E-state index contributed by atoms with van der Waals surface area (Å²) in [5.74, 6) is -1.51. The molecule has 0 bridgehead atoms. The van der Waals surface area contributed by atoms with Gasteiger partial charge in [0.2, 0.25) is 0 Å². The van der Waals surface area contributed by atoms with Crippen molar-refractivity contribution < 1.29 is 15.0 Å². The molecule has 2 saturated heterocycles. The van der Waals surface area contributed by atoms with Gasteiger partial charge in [0.25, 0.3) is 11.3 Å². The van der Waals surface area contributed by atoms with Crippen LogP contribution < -0.4 is 5.43 Å². The van der Waals surface area contributed by atoms with Crippen LogP contribution in [0.4, 0.5) is 0 Å². The smallest absolute Gasteiger partial charge is 0.275 e. The van der Waals surface area contributed by atoms with Crippen LogP contribution in [0.15, 0.2) is 11.0 Å². The number of amides is 1. The third-order valence-electron chi connectivity index (χ3n) is 4.63. The minimum Gasteiger partial charge on any atom is -0.503 e. The molecule has 0 spiro atoms. The molecule has 0 radical (unpaired) electrons. The summed E-state index contributed by atoms with van der Waals surface area (Å²) in [6.45, 7) is 2.09. The van der Waals surface area contributed by atoms with Gasteiger partial charge in [-0.15, -0.1) is 0 Å². The van der Waals surface area contributed by atoms with E-state index in [2.05, 4.69) is 4.90 Å². The number of carbonyl (C=O) groups is 1. The van der Waals surface area contributed by atoms with Crippen molar-refractivity contribution in [3.8, 4) is 11.5 Å². The van der Waals surface area contributed by atoms with Crippen LogP contribution in [0, 0.1) is 0 Å². The third-order valence-corrected chi connectivity index (χ3v) is 4.63. The monoisotopic (exact) mass is 277 g/mol. The van der Waals surface area contributed by atoms with E-state index in [-0.39, 0.29) is 17.8 Å². The first kappa shape index (κ1) is 11.8. The largest absolute Gasteiger partial charge is 0.503 e. The number of aromatic nitrogens is 1. The maximum atomic E-state index is 12.5. The zero-order valence-electron chi connectivity index (χ0n) is 10.8. The highest BCUT2D eigenvalue weighted by Gasteiger charge is 2.47. The number of rotatable bonds is 0. The molecular formula is C13H15N3O4. The van der Waals surface area contributed by atoms with Gasteiger partial charge in [0, 0.05) is 19.1 Å². The minimum atomic E-state index is -0.886. The molecule has 106 valence electrons. The Morgan fingerprint density at radius 3 is 2.80 bits per heavy atom. The quantitative estimate of drug-likeness (QED) is 0.669. The zero-order valence-corrected chi connectivity index (χ0v) is 10.8. The van der Waals surface area contributed by atoms with Gasteiger partial charge in [0.1, 0.15) is 6.17 Å². The molecule has 20 heavy (non-hydrogen) atoms. The third kappa shape index (κ3) is 1.33. The molecule has 0 aromatic carbocycles. The van der Waals surface area contributed by atoms with E-state index in [9.17, 15) is 19.8 Å². The van der Waals surface area contributed by atoms with Crippen molar-refractivity contribution in [2.24, 2.45) is 0 Å². The standard InChI is InChI=1S/C13H15N3O4/c17-8-5-14-6-9-15-3-1-2-7(15)4-16(9)13(20)10(14)12(19)11(8)18/h5,7,9,17,19H,1-4,6H2/t7-,9+/m1/s1. The van der Waals surface area contributed by atoms with Crippen molar-refractivity contribution >= 4 is 5.91 Å². The van der Waals surface area contributed by atoms with E-state index in [1.165, 1.54) is 10.8 Å². The summed E-state index contributed by atoms with van der Waals surface area (Å²) in [6, 6.07) is 0.376. The molecule has 2 N–H and O–H groups in total. The van der Waals surface area contributed by atoms with Gasteiger partial charge in [0.15, 0.2) is 17.2 Å². The van der Waals surface area contributed by atoms with Crippen LogP contribution in [0.1, 0.15) is 23.3 Å². The molecule has 7 heteroatoms. The molecule has 4 rings (SSSR count). The van der Waals surface area contributed by atoms with E-state index in [1.54, 1.807) is 4.90 Å². The molecule has 1 amide bonds. The van der Waals surface area contributed by atoms with E-state index < -0.39 is 16.9 Å². The highest BCUT2D eigenvalue weighted by Crippen LogP contribution is 2.35. The fraction of sp³-hybridized carbons (Fsp3) is 0.538. The number of carbonyl (C=O) groups excluding carboxylic acids is 1. The average molecular weight is 277 g/mol. The average Bonchev–Trinajstić information content (AvgIpc) is 2.98. The second-order valence-electron chi connectivity index (χ2n) is 5.67. The predicted molar refractivity (Wildman–Crippen MR) is 68.6 cm³/mol. The number of pyridine rings is 1. The Kier molecular flexibility index (Phi) is 2.21. The number of fused-ring (bicyclic) bond motifs is 4.